The number of ether oxygens (including phenoxy) is 1. The molecule has 0 spiro atoms. The SMILES string of the molecule is C[C@H]1C([C@H](O)[C@H](O)CO)OC(O)(O)C[C@H]1O. The normalized spacial score (nSPS) is 38.1. The fourth-order valence-corrected chi connectivity index (χ4v) is 1.76. The minimum absolute atomic E-state index is 0.396. The van der Waals surface area contributed by atoms with Crippen LogP contribution in [0.4, 0.5) is 0 Å². The second kappa shape index (κ2) is 4.92. The van der Waals surface area contributed by atoms with Gasteiger partial charge in [0, 0.05) is 5.92 Å². The Morgan fingerprint density at radius 2 is 1.94 bits per heavy atom. The van der Waals surface area contributed by atoms with Crippen molar-refractivity contribution in [2.75, 3.05) is 6.61 Å². The third kappa shape index (κ3) is 2.89. The predicted molar refractivity (Wildman–Crippen MR) is 50.9 cm³/mol. The molecule has 1 fully saturated rings. The van der Waals surface area contributed by atoms with Crippen molar-refractivity contribution in [3.63, 3.8) is 0 Å². The maximum Gasteiger partial charge on any atom is 0.280 e. The zero-order valence-corrected chi connectivity index (χ0v) is 8.89. The van der Waals surface area contributed by atoms with Crippen LogP contribution in [-0.2, 0) is 4.74 Å². The summed E-state index contributed by atoms with van der Waals surface area (Å²) < 4.78 is 4.77. The number of rotatable bonds is 3. The molecule has 7 heteroatoms. The van der Waals surface area contributed by atoms with E-state index in [1.54, 1.807) is 0 Å². The standard InChI is InChI=1S/C9H18O7/c1-4-5(11)2-9(14,15)16-8(4)7(13)6(12)3-10/h4-8,10-15H,2-3H2,1H3/t4-,5-,6-,7-,8?/m1/s1. The van der Waals surface area contributed by atoms with Crippen LogP contribution in [0.3, 0.4) is 0 Å². The Bertz CT molecular complexity index is 232. The van der Waals surface area contributed by atoms with Crippen LogP contribution < -0.4 is 0 Å². The second-order valence-corrected chi connectivity index (χ2v) is 4.20. The lowest BCUT2D eigenvalue weighted by atomic mass is 9.87. The molecule has 0 amide bonds. The van der Waals surface area contributed by atoms with Crippen LogP contribution in [0.15, 0.2) is 0 Å². The lowest BCUT2D eigenvalue weighted by Crippen LogP contribution is -2.57. The molecule has 5 atom stereocenters. The summed E-state index contributed by atoms with van der Waals surface area (Å²) in [6, 6.07) is 0. The quantitative estimate of drug-likeness (QED) is 0.291. The molecule has 6 N–H and O–H groups in total. The summed E-state index contributed by atoms with van der Waals surface area (Å²) >= 11 is 0. The Morgan fingerprint density at radius 1 is 1.38 bits per heavy atom. The van der Waals surface area contributed by atoms with E-state index in [-0.39, 0.29) is 0 Å². The Hall–Kier alpha value is -0.280. The van der Waals surface area contributed by atoms with Gasteiger partial charge in [-0.1, -0.05) is 6.92 Å². The summed E-state index contributed by atoms with van der Waals surface area (Å²) in [5, 5.41) is 55.5. The molecule has 0 radical (unpaired) electrons. The molecule has 1 saturated heterocycles. The van der Waals surface area contributed by atoms with Crippen LogP contribution >= 0.6 is 0 Å². The highest BCUT2D eigenvalue weighted by Crippen LogP contribution is 2.31. The van der Waals surface area contributed by atoms with Gasteiger partial charge in [0.15, 0.2) is 0 Å². The van der Waals surface area contributed by atoms with Crippen LogP contribution in [0.5, 0.6) is 0 Å². The molecule has 1 unspecified atom stereocenters. The van der Waals surface area contributed by atoms with Crippen molar-refractivity contribution in [1.82, 2.24) is 0 Å². The molecule has 0 aromatic rings. The molecular weight excluding hydrogens is 220 g/mol. The molecule has 0 bridgehead atoms. The van der Waals surface area contributed by atoms with Crippen LogP contribution in [0, 0.1) is 5.92 Å². The highest BCUT2D eigenvalue weighted by molar-refractivity contribution is 4.89. The van der Waals surface area contributed by atoms with Crippen molar-refractivity contribution in [3.05, 3.63) is 0 Å². The van der Waals surface area contributed by atoms with Crippen molar-refractivity contribution in [1.29, 1.82) is 0 Å². The first-order valence-corrected chi connectivity index (χ1v) is 5.06. The van der Waals surface area contributed by atoms with E-state index in [1.165, 1.54) is 6.92 Å². The molecule has 7 nitrogen and oxygen atoms in total. The van der Waals surface area contributed by atoms with E-state index in [2.05, 4.69) is 0 Å². The smallest absolute Gasteiger partial charge is 0.280 e. The van der Waals surface area contributed by atoms with E-state index in [4.69, 9.17) is 9.84 Å². The van der Waals surface area contributed by atoms with Gasteiger partial charge < -0.3 is 35.4 Å². The first-order chi connectivity index (χ1) is 7.28. The average molecular weight is 238 g/mol. The highest BCUT2D eigenvalue weighted by atomic mass is 16.8. The summed E-state index contributed by atoms with van der Waals surface area (Å²) in [7, 11) is 0. The molecule has 0 aromatic heterocycles. The van der Waals surface area contributed by atoms with Gasteiger partial charge in [0.2, 0.25) is 0 Å². The van der Waals surface area contributed by atoms with Gasteiger partial charge in [0.25, 0.3) is 5.97 Å². The zero-order chi connectivity index (χ0) is 12.5. The molecule has 1 aliphatic rings. The fourth-order valence-electron chi connectivity index (χ4n) is 1.76. The third-order valence-corrected chi connectivity index (χ3v) is 2.84. The average Bonchev–Trinajstić information content (AvgIpc) is 2.20. The molecule has 1 rings (SSSR count). The van der Waals surface area contributed by atoms with E-state index in [9.17, 15) is 25.5 Å². The van der Waals surface area contributed by atoms with Gasteiger partial charge in [0.05, 0.1) is 25.2 Å². The molecule has 16 heavy (non-hydrogen) atoms. The molecular formula is C9H18O7. The third-order valence-electron chi connectivity index (χ3n) is 2.84. The van der Waals surface area contributed by atoms with E-state index in [0.29, 0.717) is 0 Å². The summed E-state index contributed by atoms with van der Waals surface area (Å²) in [6.07, 6.45) is -5.61. The maximum absolute atomic E-state index is 9.59. The maximum atomic E-state index is 9.59. The van der Waals surface area contributed by atoms with Gasteiger partial charge in [0.1, 0.15) is 12.2 Å². The van der Waals surface area contributed by atoms with Gasteiger partial charge in [-0.25, -0.2) is 0 Å². The molecule has 96 valence electrons. The largest absolute Gasteiger partial charge is 0.394 e. The molecule has 0 aromatic carbocycles. The highest BCUT2D eigenvalue weighted by Gasteiger charge is 2.46. The number of aliphatic hydroxyl groups excluding tert-OH is 4. The van der Waals surface area contributed by atoms with Gasteiger partial charge in [-0.05, 0) is 0 Å². The van der Waals surface area contributed by atoms with Gasteiger partial charge >= 0.3 is 0 Å². The summed E-state index contributed by atoms with van der Waals surface area (Å²) in [5.41, 5.74) is 0. The van der Waals surface area contributed by atoms with Crippen molar-refractivity contribution in [3.8, 4) is 0 Å². The summed E-state index contributed by atoms with van der Waals surface area (Å²) in [4.78, 5) is 0. The minimum Gasteiger partial charge on any atom is -0.394 e. The van der Waals surface area contributed by atoms with E-state index < -0.39 is 49.3 Å². The van der Waals surface area contributed by atoms with Crippen molar-refractivity contribution >= 4 is 0 Å². The van der Waals surface area contributed by atoms with Gasteiger partial charge in [-0.15, -0.1) is 0 Å². The first-order valence-electron chi connectivity index (χ1n) is 5.06. The minimum atomic E-state index is -2.53. The Morgan fingerprint density at radius 3 is 2.44 bits per heavy atom. The predicted octanol–water partition coefficient (Wildman–Crippen LogP) is -2.88. The first kappa shape index (κ1) is 13.8. The lowest BCUT2D eigenvalue weighted by Gasteiger charge is -2.42. The zero-order valence-electron chi connectivity index (χ0n) is 8.89. The van der Waals surface area contributed by atoms with Crippen LogP contribution in [0.25, 0.3) is 0 Å². The van der Waals surface area contributed by atoms with E-state index in [1.807, 2.05) is 0 Å². The van der Waals surface area contributed by atoms with Crippen LogP contribution in [0.2, 0.25) is 0 Å². The summed E-state index contributed by atoms with van der Waals surface area (Å²) in [5.74, 6) is -3.13. The van der Waals surface area contributed by atoms with Crippen LogP contribution in [0.1, 0.15) is 13.3 Å². The monoisotopic (exact) mass is 238 g/mol. The van der Waals surface area contributed by atoms with Crippen molar-refractivity contribution in [2.45, 2.75) is 43.7 Å². The molecule has 0 saturated carbocycles. The van der Waals surface area contributed by atoms with Gasteiger partial charge in [-0.3, -0.25) is 0 Å². The van der Waals surface area contributed by atoms with E-state index in [0.717, 1.165) is 0 Å². The van der Waals surface area contributed by atoms with E-state index >= 15 is 0 Å². The van der Waals surface area contributed by atoms with Crippen LogP contribution in [-0.4, -0.2) is 67.6 Å². The molecule has 0 aliphatic carbocycles. The second-order valence-electron chi connectivity index (χ2n) is 4.20. The topological polar surface area (TPSA) is 131 Å². The number of aliphatic hydroxyl groups is 6. The van der Waals surface area contributed by atoms with Crippen molar-refractivity contribution < 1.29 is 35.4 Å². The number of hydrogen-bond donors (Lipinski definition) is 6. The summed E-state index contributed by atoms with van der Waals surface area (Å²) in [6.45, 7) is 0.853. The molecule has 1 heterocycles. The lowest BCUT2D eigenvalue weighted by molar-refractivity contribution is -0.401. The van der Waals surface area contributed by atoms with Gasteiger partial charge in [-0.2, -0.15) is 0 Å². The Kier molecular flexibility index (Phi) is 4.24. The number of hydrogen-bond acceptors (Lipinski definition) is 7. The van der Waals surface area contributed by atoms with Crippen molar-refractivity contribution in [2.24, 2.45) is 5.92 Å². The molecule has 1 aliphatic heterocycles. The Labute approximate surface area is 92.5 Å². The Balaban J connectivity index is 2.77. The fraction of sp³-hybridized carbons (Fsp3) is 1.00.